The Kier molecular flexibility index (Phi) is 4.11. The van der Waals surface area contributed by atoms with E-state index in [0.717, 1.165) is 35.0 Å². The van der Waals surface area contributed by atoms with Gasteiger partial charge in [-0.2, -0.15) is 0 Å². The molecule has 2 aromatic rings. The quantitative estimate of drug-likeness (QED) is 0.854. The third kappa shape index (κ3) is 3.35. The van der Waals surface area contributed by atoms with Crippen LogP contribution in [-0.2, 0) is 17.6 Å². The molecule has 1 unspecified atom stereocenters. The zero-order valence-corrected chi connectivity index (χ0v) is 13.6. The second kappa shape index (κ2) is 6.02. The molecule has 1 atom stereocenters. The van der Waals surface area contributed by atoms with Crippen LogP contribution in [0.25, 0.3) is 0 Å². The van der Waals surface area contributed by atoms with Crippen molar-refractivity contribution >= 4 is 27.5 Å². The second-order valence-electron chi connectivity index (χ2n) is 5.71. The van der Waals surface area contributed by atoms with Crippen LogP contribution in [0.2, 0.25) is 0 Å². The predicted molar refractivity (Wildman–Crippen MR) is 89.5 cm³/mol. The molecule has 3 rings (SSSR count). The first-order chi connectivity index (χ1) is 10.1. The summed E-state index contributed by atoms with van der Waals surface area (Å²) in [5.41, 5.74) is 4.70. The molecule has 0 bridgehead atoms. The largest absolute Gasteiger partial charge is 0.326 e. The highest BCUT2D eigenvalue weighted by molar-refractivity contribution is 9.10. The van der Waals surface area contributed by atoms with Crippen LogP contribution in [-0.4, -0.2) is 5.91 Å². The topological polar surface area (TPSA) is 29.1 Å². The molecule has 108 valence electrons. The fraction of sp³-hybridized carbons (Fsp3) is 0.278. The Hall–Kier alpha value is -1.61. The highest BCUT2D eigenvalue weighted by Gasteiger charge is 2.24. The molecule has 21 heavy (non-hydrogen) atoms. The van der Waals surface area contributed by atoms with Gasteiger partial charge in [-0.05, 0) is 61.1 Å². The molecule has 0 saturated heterocycles. The summed E-state index contributed by atoms with van der Waals surface area (Å²) in [5.74, 6) is 0.196. The highest BCUT2D eigenvalue weighted by Crippen LogP contribution is 2.27. The maximum absolute atomic E-state index is 12.5. The first kappa shape index (κ1) is 14.3. The number of hydrogen-bond acceptors (Lipinski definition) is 1. The molecular formula is C18H18BrNO. The van der Waals surface area contributed by atoms with Gasteiger partial charge >= 0.3 is 0 Å². The Morgan fingerprint density at radius 3 is 2.71 bits per heavy atom. The number of nitrogens with one attached hydrogen (secondary N) is 1. The van der Waals surface area contributed by atoms with E-state index in [4.69, 9.17) is 0 Å². The lowest BCUT2D eigenvalue weighted by molar-refractivity contribution is -0.120. The number of carbonyl (C=O) groups is 1. The minimum absolute atomic E-state index is 0.0687. The molecule has 0 heterocycles. The van der Waals surface area contributed by atoms with Crippen molar-refractivity contribution in [3.8, 4) is 0 Å². The molecule has 0 fully saturated rings. The third-order valence-electron chi connectivity index (χ3n) is 4.03. The average Bonchev–Trinajstić information content (AvgIpc) is 2.45. The average molecular weight is 344 g/mol. The molecule has 0 radical (unpaired) electrons. The zero-order chi connectivity index (χ0) is 14.8. The van der Waals surface area contributed by atoms with Gasteiger partial charge in [-0.25, -0.2) is 0 Å². The summed E-state index contributed by atoms with van der Waals surface area (Å²) in [6.45, 7) is 2.03. The van der Waals surface area contributed by atoms with E-state index < -0.39 is 0 Å². The van der Waals surface area contributed by atoms with E-state index in [2.05, 4.69) is 45.5 Å². The number of aryl methyl sites for hydroxylation is 2. The highest BCUT2D eigenvalue weighted by atomic mass is 79.9. The van der Waals surface area contributed by atoms with Gasteiger partial charge in [0, 0.05) is 16.1 Å². The molecule has 0 spiro atoms. The van der Waals surface area contributed by atoms with E-state index in [1.165, 1.54) is 11.1 Å². The standard InChI is InChI=1S/C18H18BrNO/c1-12-8-16(19)11-17(9-12)20-18(21)15-7-6-13-4-2-3-5-14(13)10-15/h2-5,8-9,11,15H,6-7,10H2,1H3,(H,20,21). The minimum Gasteiger partial charge on any atom is -0.326 e. The van der Waals surface area contributed by atoms with Crippen LogP contribution < -0.4 is 5.32 Å². The van der Waals surface area contributed by atoms with Crippen LogP contribution in [0.15, 0.2) is 46.9 Å². The second-order valence-corrected chi connectivity index (χ2v) is 6.63. The Bertz CT molecular complexity index is 660. The smallest absolute Gasteiger partial charge is 0.227 e. The van der Waals surface area contributed by atoms with Crippen molar-refractivity contribution in [2.24, 2.45) is 5.92 Å². The van der Waals surface area contributed by atoms with Crippen LogP contribution in [0.5, 0.6) is 0 Å². The number of halogens is 1. The van der Waals surface area contributed by atoms with Crippen LogP contribution in [0, 0.1) is 12.8 Å². The molecule has 0 aliphatic heterocycles. The first-order valence-corrected chi connectivity index (χ1v) is 8.06. The third-order valence-corrected chi connectivity index (χ3v) is 4.49. The van der Waals surface area contributed by atoms with Gasteiger partial charge in [0.25, 0.3) is 0 Å². The van der Waals surface area contributed by atoms with Crippen molar-refractivity contribution in [2.75, 3.05) is 5.32 Å². The summed E-state index contributed by atoms with van der Waals surface area (Å²) < 4.78 is 0.992. The monoisotopic (exact) mass is 343 g/mol. The number of hydrogen-bond donors (Lipinski definition) is 1. The predicted octanol–water partition coefficient (Wildman–Crippen LogP) is 4.50. The minimum atomic E-state index is 0.0687. The summed E-state index contributed by atoms with van der Waals surface area (Å²) in [6.07, 6.45) is 2.76. The number of benzene rings is 2. The maximum atomic E-state index is 12.5. The summed E-state index contributed by atoms with van der Waals surface area (Å²) in [4.78, 5) is 12.5. The van der Waals surface area contributed by atoms with E-state index in [-0.39, 0.29) is 11.8 Å². The summed E-state index contributed by atoms with van der Waals surface area (Å²) in [6, 6.07) is 14.4. The molecule has 2 aromatic carbocycles. The number of fused-ring (bicyclic) bond motifs is 1. The van der Waals surface area contributed by atoms with E-state index in [0.29, 0.717) is 0 Å². The Morgan fingerprint density at radius 1 is 1.19 bits per heavy atom. The van der Waals surface area contributed by atoms with Gasteiger partial charge in [-0.3, -0.25) is 4.79 Å². The number of carbonyl (C=O) groups excluding carboxylic acids is 1. The lowest BCUT2D eigenvalue weighted by Gasteiger charge is -2.23. The van der Waals surface area contributed by atoms with Gasteiger partial charge in [0.05, 0.1) is 0 Å². The van der Waals surface area contributed by atoms with Crippen LogP contribution in [0.3, 0.4) is 0 Å². The summed E-state index contributed by atoms with van der Waals surface area (Å²) in [5, 5.41) is 3.06. The van der Waals surface area contributed by atoms with Crippen molar-refractivity contribution in [3.05, 3.63) is 63.6 Å². The van der Waals surface area contributed by atoms with Gasteiger partial charge in [-0.1, -0.05) is 40.2 Å². The zero-order valence-electron chi connectivity index (χ0n) is 12.0. The van der Waals surface area contributed by atoms with Crippen molar-refractivity contribution in [2.45, 2.75) is 26.2 Å². The Labute approximate surface area is 133 Å². The molecule has 1 N–H and O–H groups in total. The van der Waals surface area contributed by atoms with Gasteiger partial charge in [-0.15, -0.1) is 0 Å². The molecule has 1 amide bonds. The Balaban J connectivity index is 1.72. The van der Waals surface area contributed by atoms with Crippen LogP contribution in [0.4, 0.5) is 5.69 Å². The molecule has 0 aromatic heterocycles. The lowest BCUT2D eigenvalue weighted by Crippen LogP contribution is -2.28. The van der Waals surface area contributed by atoms with Gasteiger partial charge in [0.2, 0.25) is 5.91 Å². The van der Waals surface area contributed by atoms with E-state index >= 15 is 0 Å². The van der Waals surface area contributed by atoms with Crippen molar-refractivity contribution in [1.82, 2.24) is 0 Å². The van der Waals surface area contributed by atoms with E-state index in [1.807, 2.05) is 25.1 Å². The SMILES string of the molecule is Cc1cc(Br)cc(NC(=O)C2CCc3ccccc3C2)c1. The molecule has 1 aliphatic carbocycles. The molecule has 3 heteroatoms. The number of anilines is 1. The van der Waals surface area contributed by atoms with Crippen LogP contribution in [0.1, 0.15) is 23.1 Å². The molecule has 0 saturated carbocycles. The fourth-order valence-corrected chi connectivity index (χ4v) is 3.58. The molecule has 1 aliphatic rings. The van der Waals surface area contributed by atoms with Gasteiger partial charge in [0.15, 0.2) is 0 Å². The normalized spacial score (nSPS) is 17.1. The van der Waals surface area contributed by atoms with Crippen molar-refractivity contribution in [3.63, 3.8) is 0 Å². The summed E-state index contributed by atoms with van der Waals surface area (Å²) >= 11 is 3.47. The van der Waals surface area contributed by atoms with Crippen molar-refractivity contribution in [1.29, 1.82) is 0 Å². The fourth-order valence-electron chi connectivity index (χ4n) is 2.97. The number of amides is 1. The first-order valence-electron chi connectivity index (χ1n) is 7.26. The lowest BCUT2D eigenvalue weighted by atomic mass is 9.83. The van der Waals surface area contributed by atoms with E-state index in [1.54, 1.807) is 0 Å². The van der Waals surface area contributed by atoms with Crippen molar-refractivity contribution < 1.29 is 4.79 Å². The van der Waals surface area contributed by atoms with E-state index in [9.17, 15) is 4.79 Å². The summed E-state index contributed by atoms with van der Waals surface area (Å²) in [7, 11) is 0. The van der Waals surface area contributed by atoms with Gasteiger partial charge < -0.3 is 5.32 Å². The molecular weight excluding hydrogens is 326 g/mol. The van der Waals surface area contributed by atoms with Crippen LogP contribution >= 0.6 is 15.9 Å². The molecule has 2 nitrogen and oxygen atoms in total. The maximum Gasteiger partial charge on any atom is 0.227 e. The Morgan fingerprint density at radius 2 is 1.95 bits per heavy atom. The van der Waals surface area contributed by atoms with Gasteiger partial charge in [0.1, 0.15) is 0 Å². The number of rotatable bonds is 2.